The van der Waals surface area contributed by atoms with Crippen LogP contribution in [0.2, 0.25) is 0 Å². The van der Waals surface area contributed by atoms with Gasteiger partial charge in [0.1, 0.15) is 0 Å². The number of hydrogen-bond acceptors (Lipinski definition) is 5. The van der Waals surface area contributed by atoms with Gasteiger partial charge in [0, 0.05) is 44.8 Å². The molecule has 4 rings (SSSR count). The molecule has 0 N–H and O–H groups in total. The first kappa shape index (κ1) is 22.5. The lowest BCUT2D eigenvalue weighted by Gasteiger charge is -2.34. The van der Waals surface area contributed by atoms with E-state index in [0.29, 0.717) is 44.8 Å². The third kappa shape index (κ3) is 4.59. The zero-order chi connectivity index (χ0) is 22.7. The van der Waals surface area contributed by atoms with Crippen LogP contribution in [0, 0.1) is 0 Å². The fourth-order valence-electron chi connectivity index (χ4n) is 4.14. The number of carbonyl (C=O) groups excluding carboxylic acids is 2. The van der Waals surface area contributed by atoms with Crippen LogP contribution in [0.25, 0.3) is 0 Å². The number of furan rings is 1. The Balaban J connectivity index is 1.37. The predicted octanol–water partition coefficient (Wildman–Crippen LogP) is 2.61. The van der Waals surface area contributed by atoms with Crippen LogP contribution < -0.4 is 0 Å². The number of piperidine rings is 1. The van der Waals surface area contributed by atoms with E-state index in [2.05, 4.69) is 6.92 Å². The minimum absolute atomic E-state index is 0.00974. The summed E-state index contributed by atoms with van der Waals surface area (Å²) in [5.41, 5.74) is 1.82. The first-order valence-electron chi connectivity index (χ1n) is 11.2. The van der Waals surface area contributed by atoms with Crippen molar-refractivity contribution in [1.29, 1.82) is 0 Å². The Hall–Kier alpha value is -2.65. The summed E-state index contributed by atoms with van der Waals surface area (Å²) in [6.07, 6.45) is 3.60. The largest absolute Gasteiger partial charge is 0.438 e. The van der Waals surface area contributed by atoms with Crippen molar-refractivity contribution in [2.45, 2.75) is 37.7 Å². The Bertz CT molecular complexity index is 1060. The average molecular weight is 460 g/mol. The fourth-order valence-corrected chi connectivity index (χ4v) is 5.57. The Labute approximate surface area is 188 Å². The predicted molar refractivity (Wildman–Crippen MR) is 119 cm³/mol. The number of rotatable bonds is 5. The van der Waals surface area contributed by atoms with Crippen LogP contribution >= 0.6 is 0 Å². The minimum atomic E-state index is -3.72. The highest BCUT2D eigenvalue weighted by Gasteiger charge is 2.31. The number of carbonyl (C=O) groups is 2. The van der Waals surface area contributed by atoms with Crippen molar-refractivity contribution in [1.82, 2.24) is 14.1 Å². The number of sulfonamides is 1. The number of aryl methyl sites for hydroxylation is 1. The first-order valence-corrected chi connectivity index (χ1v) is 12.6. The standard InChI is InChI=1S/C23H29N3O5S/c1-2-18-6-8-19(9-7-18)22(27)24-14-16-25(17-15-24)23(28)20-10-11-21(31-20)32(29,30)26-12-4-3-5-13-26/h6-11H,2-5,12-17H2,1H3. The van der Waals surface area contributed by atoms with Crippen molar-refractivity contribution in [3.05, 3.63) is 53.3 Å². The summed E-state index contributed by atoms with van der Waals surface area (Å²) in [7, 11) is -3.72. The quantitative estimate of drug-likeness (QED) is 0.686. The van der Waals surface area contributed by atoms with Gasteiger partial charge in [-0.05, 0) is 49.1 Å². The van der Waals surface area contributed by atoms with E-state index in [1.165, 1.54) is 22.0 Å². The van der Waals surface area contributed by atoms with Crippen molar-refractivity contribution in [2.24, 2.45) is 0 Å². The smallest absolute Gasteiger partial charge is 0.289 e. The highest BCUT2D eigenvalue weighted by molar-refractivity contribution is 7.89. The molecule has 0 radical (unpaired) electrons. The molecular weight excluding hydrogens is 430 g/mol. The van der Waals surface area contributed by atoms with E-state index in [-0.39, 0.29) is 22.7 Å². The molecule has 2 aliphatic heterocycles. The van der Waals surface area contributed by atoms with Crippen LogP contribution in [0.4, 0.5) is 0 Å². The summed E-state index contributed by atoms with van der Waals surface area (Å²) in [5, 5.41) is -0.188. The molecule has 2 aliphatic rings. The Morgan fingerprint density at radius 1 is 0.812 bits per heavy atom. The van der Waals surface area contributed by atoms with Gasteiger partial charge < -0.3 is 14.2 Å². The molecule has 2 amide bonds. The van der Waals surface area contributed by atoms with Crippen LogP contribution in [-0.4, -0.2) is 73.6 Å². The molecule has 2 fully saturated rings. The van der Waals surface area contributed by atoms with Crippen LogP contribution in [0.15, 0.2) is 45.9 Å². The molecule has 2 aromatic rings. The van der Waals surface area contributed by atoms with Gasteiger partial charge in [-0.1, -0.05) is 25.5 Å². The van der Waals surface area contributed by atoms with Gasteiger partial charge in [0.2, 0.25) is 5.09 Å². The van der Waals surface area contributed by atoms with E-state index in [4.69, 9.17) is 4.42 Å². The lowest BCUT2D eigenvalue weighted by molar-refractivity contribution is 0.0515. The van der Waals surface area contributed by atoms with Gasteiger partial charge in [-0.15, -0.1) is 0 Å². The van der Waals surface area contributed by atoms with E-state index in [9.17, 15) is 18.0 Å². The van der Waals surface area contributed by atoms with Gasteiger partial charge in [0.15, 0.2) is 5.76 Å². The molecule has 9 heteroatoms. The van der Waals surface area contributed by atoms with Crippen LogP contribution in [-0.2, 0) is 16.4 Å². The van der Waals surface area contributed by atoms with E-state index >= 15 is 0 Å². The van der Waals surface area contributed by atoms with E-state index in [1.54, 1.807) is 9.80 Å². The van der Waals surface area contributed by atoms with Crippen molar-refractivity contribution in [3.63, 3.8) is 0 Å². The molecular formula is C23H29N3O5S. The number of benzene rings is 1. The summed E-state index contributed by atoms with van der Waals surface area (Å²) in [6.45, 7) is 4.59. The topological polar surface area (TPSA) is 91.1 Å². The molecule has 0 aliphatic carbocycles. The summed E-state index contributed by atoms with van der Waals surface area (Å²) < 4.78 is 32.4. The lowest BCUT2D eigenvalue weighted by Crippen LogP contribution is -2.50. The molecule has 0 unspecified atom stereocenters. The molecule has 0 spiro atoms. The van der Waals surface area contributed by atoms with Crippen molar-refractivity contribution < 1.29 is 22.4 Å². The summed E-state index contributed by atoms with van der Waals surface area (Å²) >= 11 is 0. The molecule has 1 aromatic carbocycles. The number of hydrogen-bond donors (Lipinski definition) is 0. The highest BCUT2D eigenvalue weighted by atomic mass is 32.2. The second kappa shape index (κ2) is 9.46. The number of nitrogens with zero attached hydrogens (tertiary/aromatic N) is 3. The zero-order valence-electron chi connectivity index (χ0n) is 18.3. The van der Waals surface area contributed by atoms with Crippen LogP contribution in [0.3, 0.4) is 0 Å². The van der Waals surface area contributed by atoms with Crippen LogP contribution in [0.1, 0.15) is 52.7 Å². The third-order valence-corrected chi connectivity index (χ3v) is 7.94. The van der Waals surface area contributed by atoms with Gasteiger partial charge in [-0.3, -0.25) is 9.59 Å². The Kier molecular flexibility index (Phi) is 6.66. The molecule has 3 heterocycles. The highest BCUT2D eigenvalue weighted by Crippen LogP contribution is 2.23. The molecule has 8 nitrogen and oxygen atoms in total. The maximum Gasteiger partial charge on any atom is 0.289 e. The summed E-state index contributed by atoms with van der Waals surface area (Å²) in [5.74, 6) is -0.396. The number of amides is 2. The van der Waals surface area contributed by atoms with Gasteiger partial charge in [-0.25, -0.2) is 8.42 Å². The first-order chi connectivity index (χ1) is 15.4. The molecule has 1 aromatic heterocycles. The van der Waals surface area contributed by atoms with Gasteiger partial charge in [0.05, 0.1) is 0 Å². The van der Waals surface area contributed by atoms with E-state index in [0.717, 1.165) is 25.7 Å². The molecule has 0 atom stereocenters. The lowest BCUT2D eigenvalue weighted by atomic mass is 10.1. The van der Waals surface area contributed by atoms with Crippen molar-refractivity contribution in [2.75, 3.05) is 39.3 Å². The minimum Gasteiger partial charge on any atom is -0.438 e. The second-order valence-electron chi connectivity index (χ2n) is 8.22. The van der Waals surface area contributed by atoms with E-state index < -0.39 is 10.0 Å². The molecule has 0 saturated carbocycles. The molecule has 172 valence electrons. The van der Waals surface area contributed by atoms with Gasteiger partial charge in [-0.2, -0.15) is 4.31 Å². The maximum absolute atomic E-state index is 12.9. The normalized spacial score (nSPS) is 18.0. The SMILES string of the molecule is CCc1ccc(C(=O)N2CCN(C(=O)c3ccc(S(=O)(=O)N4CCCCC4)o3)CC2)cc1. The fraction of sp³-hybridized carbons (Fsp3) is 0.478. The van der Waals surface area contributed by atoms with E-state index in [1.807, 2.05) is 24.3 Å². The summed E-state index contributed by atoms with van der Waals surface area (Å²) in [4.78, 5) is 28.9. The maximum atomic E-state index is 12.9. The average Bonchev–Trinajstić information content (AvgIpc) is 3.35. The molecule has 2 saturated heterocycles. The Morgan fingerprint density at radius 3 is 2.00 bits per heavy atom. The number of piperazine rings is 1. The van der Waals surface area contributed by atoms with Crippen molar-refractivity contribution in [3.8, 4) is 0 Å². The third-order valence-electron chi connectivity index (χ3n) is 6.16. The molecule has 32 heavy (non-hydrogen) atoms. The second-order valence-corrected chi connectivity index (χ2v) is 10.1. The Morgan fingerprint density at radius 2 is 1.41 bits per heavy atom. The summed E-state index contributed by atoms with van der Waals surface area (Å²) in [6, 6.07) is 10.4. The molecule has 0 bridgehead atoms. The van der Waals surface area contributed by atoms with Gasteiger partial charge >= 0.3 is 0 Å². The van der Waals surface area contributed by atoms with Crippen molar-refractivity contribution >= 4 is 21.8 Å². The van der Waals surface area contributed by atoms with Crippen LogP contribution in [0.5, 0.6) is 0 Å². The zero-order valence-corrected chi connectivity index (χ0v) is 19.1. The monoisotopic (exact) mass is 459 g/mol. The van der Waals surface area contributed by atoms with Gasteiger partial charge in [0.25, 0.3) is 21.8 Å².